The quantitative estimate of drug-likeness (QED) is 0.886. The Kier molecular flexibility index (Phi) is 4.99. The van der Waals surface area contributed by atoms with E-state index in [4.69, 9.17) is 4.98 Å². The minimum atomic E-state index is 0.306. The maximum absolute atomic E-state index is 12.3. The first-order valence-electron chi connectivity index (χ1n) is 9.45. The van der Waals surface area contributed by atoms with Crippen molar-refractivity contribution >= 4 is 16.9 Å². The summed E-state index contributed by atoms with van der Waals surface area (Å²) in [7, 11) is 0. The average molecular weight is 341 g/mol. The summed E-state index contributed by atoms with van der Waals surface area (Å²) < 4.78 is 0. The Bertz CT molecular complexity index is 680. The minimum Gasteiger partial charge on any atom is -0.342 e. The van der Waals surface area contributed by atoms with Crippen molar-refractivity contribution in [1.82, 2.24) is 25.1 Å². The zero-order valence-corrected chi connectivity index (χ0v) is 14.7. The number of aromatic nitrogens is 2. The number of likely N-dealkylation sites (tertiary alicyclic amines) is 1. The Morgan fingerprint density at radius 1 is 1.12 bits per heavy atom. The second kappa shape index (κ2) is 7.54. The van der Waals surface area contributed by atoms with Crippen molar-refractivity contribution in [2.75, 3.05) is 45.8 Å². The average Bonchev–Trinajstić information content (AvgIpc) is 3.11. The van der Waals surface area contributed by atoms with Crippen molar-refractivity contribution in [3.8, 4) is 0 Å². The molecule has 1 aromatic heterocycles. The summed E-state index contributed by atoms with van der Waals surface area (Å²) in [6.45, 7) is 6.55. The van der Waals surface area contributed by atoms with Crippen LogP contribution in [0.15, 0.2) is 24.3 Å². The number of fused-ring (bicyclic) bond motifs is 1. The third kappa shape index (κ3) is 3.85. The number of carbonyl (C=O) groups is 1. The molecule has 4 rings (SSSR count). The van der Waals surface area contributed by atoms with Gasteiger partial charge in [-0.05, 0) is 38.1 Å². The van der Waals surface area contributed by atoms with Gasteiger partial charge in [-0.1, -0.05) is 12.1 Å². The molecule has 1 amide bonds. The second-order valence-electron chi connectivity index (χ2n) is 7.14. The van der Waals surface area contributed by atoms with E-state index in [1.807, 2.05) is 17.0 Å². The number of hydrogen-bond acceptors (Lipinski definition) is 4. The number of benzene rings is 1. The summed E-state index contributed by atoms with van der Waals surface area (Å²) in [6.07, 6.45) is 2.87. The number of carbonyl (C=O) groups excluding carboxylic acids is 1. The molecule has 2 aliphatic rings. The topological polar surface area (TPSA) is 64.3 Å². The first-order chi connectivity index (χ1) is 12.3. The molecule has 2 saturated heterocycles. The van der Waals surface area contributed by atoms with Crippen LogP contribution in [0.3, 0.4) is 0 Å². The first kappa shape index (κ1) is 16.5. The van der Waals surface area contributed by atoms with Gasteiger partial charge in [-0.25, -0.2) is 4.98 Å². The predicted octanol–water partition coefficient (Wildman–Crippen LogP) is 1.56. The van der Waals surface area contributed by atoms with Gasteiger partial charge in [0.25, 0.3) is 0 Å². The Hall–Kier alpha value is -1.92. The SMILES string of the molecule is O=C(CCN1CCC(c2nc3ccccc3[nH]2)CC1)N1CCNCC1. The van der Waals surface area contributed by atoms with Crippen molar-refractivity contribution in [3.05, 3.63) is 30.1 Å². The van der Waals surface area contributed by atoms with E-state index in [-0.39, 0.29) is 0 Å². The molecule has 2 aliphatic heterocycles. The molecule has 2 fully saturated rings. The molecule has 0 unspecified atom stereocenters. The van der Waals surface area contributed by atoms with Crippen molar-refractivity contribution < 1.29 is 4.79 Å². The molecule has 0 bridgehead atoms. The van der Waals surface area contributed by atoms with Gasteiger partial charge >= 0.3 is 0 Å². The summed E-state index contributed by atoms with van der Waals surface area (Å²) in [5, 5.41) is 3.29. The minimum absolute atomic E-state index is 0.306. The smallest absolute Gasteiger partial charge is 0.223 e. The summed E-state index contributed by atoms with van der Waals surface area (Å²) in [4.78, 5) is 24.9. The van der Waals surface area contributed by atoms with Crippen LogP contribution >= 0.6 is 0 Å². The predicted molar refractivity (Wildman–Crippen MR) is 98.6 cm³/mol. The number of hydrogen-bond donors (Lipinski definition) is 2. The van der Waals surface area contributed by atoms with Crippen LogP contribution in [0.1, 0.15) is 31.0 Å². The van der Waals surface area contributed by atoms with Crippen molar-refractivity contribution in [2.45, 2.75) is 25.2 Å². The normalized spacial score (nSPS) is 20.2. The van der Waals surface area contributed by atoms with E-state index in [1.54, 1.807) is 0 Å². The lowest BCUT2D eigenvalue weighted by Gasteiger charge is -2.32. The largest absolute Gasteiger partial charge is 0.342 e. The van der Waals surface area contributed by atoms with Crippen LogP contribution in [0.25, 0.3) is 11.0 Å². The van der Waals surface area contributed by atoms with E-state index in [9.17, 15) is 4.79 Å². The molecule has 2 N–H and O–H groups in total. The number of rotatable bonds is 4. The molecule has 0 spiro atoms. The van der Waals surface area contributed by atoms with Gasteiger partial charge in [0.1, 0.15) is 5.82 Å². The third-order valence-electron chi connectivity index (χ3n) is 5.49. The van der Waals surface area contributed by atoms with Gasteiger partial charge in [-0.15, -0.1) is 0 Å². The fourth-order valence-corrected chi connectivity index (χ4v) is 3.92. The standard InChI is InChI=1S/C19H27N5O/c25-18(24-13-8-20-9-14-24)7-12-23-10-5-15(6-11-23)19-21-16-3-1-2-4-17(16)22-19/h1-4,15,20H,5-14H2,(H,21,22). The summed E-state index contributed by atoms with van der Waals surface area (Å²) in [6, 6.07) is 8.22. The van der Waals surface area contributed by atoms with Crippen LogP contribution in [-0.2, 0) is 4.79 Å². The van der Waals surface area contributed by atoms with Gasteiger partial charge in [0.05, 0.1) is 11.0 Å². The summed E-state index contributed by atoms with van der Waals surface area (Å²) in [5.41, 5.74) is 2.18. The van der Waals surface area contributed by atoms with Crippen LogP contribution in [0.4, 0.5) is 0 Å². The number of amides is 1. The van der Waals surface area contributed by atoms with Gasteiger partial charge in [0, 0.05) is 45.1 Å². The Labute approximate surface area is 148 Å². The second-order valence-corrected chi connectivity index (χ2v) is 7.14. The highest BCUT2D eigenvalue weighted by atomic mass is 16.2. The van der Waals surface area contributed by atoms with Crippen molar-refractivity contribution in [3.63, 3.8) is 0 Å². The van der Waals surface area contributed by atoms with E-state index in [2.05, 4.69) is 27.3 Å². The van der Waals surface area contributed by atoms with Crippen molar-refractivity contribution in [2.24, 2.45) is 0 Å². The van der Waals surface area contributed by atoms with E-state index in [1.165, 1.54) is 0 Å². The molecule has 25 heavy (non-hydrogen) atoms. The number of piperazine rings is 1. The highest BCUT2D eigenvalue weighted by Crippen LogP contribution is 2.27. The molecular formula is C19H27N5O. The van der Waals surface area contributed by atoms with E-state index < -0.39 is 0 Å². The maximum Gasteiger partial charge on any atom is 0.223 e. The number of aromatic amines is 1. The fraction of sp³-hybridized carbons (Fsp3) is 0.579. The van der Waals surface area contributed by atoms with Gasteiger partial charge in [-0.2, -0.15) is 0 Å². The first-order valence-corrected chi connectivity index (χ1v) is 9.45. The molecule has 134 valence electrons. The molecule has 3 heterocycles. The number of nitrogens with zero attached hydrogens (tertiary/aromatic N) is 3. The fourth-order valence-electron chi connectivity index (χ4n) is 3.92. The van der Waals surface area contributed by atoms with Crippen LogP contribution < -0.4 is 5.32 Å². The molecule has 0 aliphatic carbocycles. The maximum atomic E-state index is 12.3. The van der Waals surface area contributed by atoms with Gasteiger partial charge in [0.15, 0.2) is 0 Å². The van der Waals surface area contributed by atoms with E-state index in [0.717, 1.165) is 75.5 Å². The number of para-hydroxylation sites is 2. The van der Waals surface area contributed by atoms with Crippen LogP contribution in [0.2, 0.25) is 0 Å². The molecule has 0 radical (unpaired) electrons. The summed E-state index contributed by atoms with van der Waals surface area (Å²) in [5.74, 6) is 1.94. The molecule has 2 aromatic rings. The third-order valence-corrected chi connectivity index (χ3v) is 5.49. The lowest BCUT2D eigenvalue weighted by Crippen LogP contribution is -2.47. The molecule has 6 heteroatoms. The zero-order chi connectivity index (χ0) is 17.1. The zero-order valence-electron chi connectivity index (χ0n) is 14.7. The lowest BCUT2D eigenvalue weighted by molar-refractivity contribution is -0.132. The molecule has 6 nitrogen and oxygen atoms in total. The molecule has 1 aromatic carbocycles. The van der Waals surface area contributed by atoms with Gasteiger partial charge in [-0.3, -0.25) is 4.79 Å². The van der Waals surface area contributed by atoms with Crippen molar-refractivity contribution in [1.29, 1.82) is 0 Å². The van der Waals surface area contributed by atoms with E-state index in [0.29, 0.717) is 18.2 Å². The Balaban J connectivity index is 1.26. The monoisotopic (exact) mass is 341 g/mol. The van der Waals surface area contributed by atoms with Gasteiger partial charge in [0.2, 0.25) is 5.91 Å². The number of piperidine rings is 1. The number of imidazole rings is 1. The van der Waals surface area contributed by atoms with Gasteiger partial charge < -0.3 is 20.1 Å². The molecule has 0 atom stereocenters. The Morgan fingerprint density at radius 2 is 1.88 bits per heavy atom. The molecule has 0 saturated carbocycles. The van der Waals surface area contributed by atoms with Crippen LogP contribution in [-0.4, -0.2) is 71.5 Å². The Morgan fingerprint density at radius 3 is 2.64 bits per heavy atom. The number of H-pyrrole nitrogens is 1. The number of nitrogens with one attached hydrogen (secondary N) is 2. The van der Waals surface area contributed by atoms with Crippen LogP contribution in [0.5, 0.6) is 0 Å². The highest BCUT2D eigenvalue weighted by molar-refractivity contribution is 5.76. The lowest BCUT2D eigenvalue weighted by atomic mass is 9.96. The summed E-state index contributed by atoms with van der Waals surface area (Å²) >= 11 is 0. The van der Waals surface area contributed by atoms with Crippen LogP contribution in [0, 0.1) is 0 Å². The van der Waals surface area contributed by atoms with E-state index >= 15 is 0 Å². The molecular weight excluding hydrogens is 314 g/mol. The highest BCUT2D eigenvalue weighted by Gasteiger charge is 2.24.